The van der Waals surface area contributed by atoms with Gasteiger partial charge in [0.2, 0.25) is 0 Å². The lowest BCUT2D eigenvalue weighted by Crippen LogP contribution is -2.34. The van der Waals surface area contributed by atoms with Crippen LogP contribution < -0.4 is 9.47 Å². The van der Waals surface area contributed by atoms with Crippen molar-refractivity contribution in [2.24, 2.45) is 11.8 Å². The molecule has 0 saturated carbocycles. The van der Waals surface area contributed by atoms with Crippen molar-refractivity contribution in [3.63, 3.8) is 0 Å². The number of ether oxygens (including phenoxy) is 2. The average Bonchev–Trinajstić information content (AvgIpc) is 3.03. The highest BCUT2D eigenvalue weighted by molar-refractivity contribution is 6.02. The Morgan fingerprint density at radius 2 is 1.58 bits per heavy atom. The second-order valence-electron chi connectivity index (χ2n) is 8.07. The predicted molar refractivity (Wildman–Crippen MR) is 125 cm³/mol. The summed E-state index contributed by atoms with van der Waals surface area (Å²) in [5, 5.41) is 0. The number of fused-ring (bicyclic) bond motifs is 1. The topological polar surface area (TPSA) is 102 Å². The Kier molecular flexibility index (Phi) is 10.5. The van der Waals surface area contributed by atoms with Crippen molar-refractivity contribution < 1.29 is 25.2 Å². The minimum absolute atomic E-state index is 0. The Hall–Kier alpha value is -2.12. The number of hydrogen-bond acceptors (Lipinski definition) is 4. The van der Waals surface area contributed by atoms with Gasteiger partial charge in [0.1, 0.15) is 0 Å². The molecular formula is C24H34ClNO5. The van der Waals surface area contributed by atoms with Crippen molar-refractivity contribution in [1.82, 2.24) is 4.90 Å². The van der Waals surface area contributed by atoms with Crippen molar-refractivity contribution in [2.75, 3.05) is 27.3 Å². The van der Waals surface area contributed by atoms with Gasteiger partial charge in [0, 0.05) is 18.0 Å². The van der Waals surface area contributed by atoms with Crippen LogP contribution in [0.3, 0.4) is 0 Å². The molecule has 7 heteroatoms. The zero-order valence-corrected chi connectivity index (χ0v) is 19.0. The van der Waals surface area contributed by atoms with Crippen LogP contribution in [0.1, 0.15) is 40.7 Å². The standard InChI is InChI=1S/C24H29NO3.ClH.2H2O/c1-27-22-14-19-13-20(24(26)21(19)15-23(22)28-2)12-17-8-10-25(11-9-17)16-18-6-4-3-5-7-18;;;/h3-7,14-15,17,20H,8-13,16H2,1-2H3;1H;2*1H2. The predicted octanol–water partition coefficient (Wildman–Crippen LogP) is 3.13. The number of benzene rings is 2. The van der Waals surface area contributed by atoms with Crippen LogP contribution in [0.5, 0.6) is 11.5 Å². The van der Waals surface area contributed by atoms with Crippen LogP contribution in [-0.4, -0.2) is 48.9 Å². The first kappa shape index (κ1) is 26.9. The molecule has 0 bridgehead atoms. The molecule has 2 aliphatic rings. The Bertz CT molecular complexity index is 837. The van der Waals surface area contributed by atoms with Crippen LogP contribution in [0.15, 0.2) is 42.5 Å². The summed E-state index contributed by atoms with van der Waals surface area (Å²) in [4.78, 5) is 15.5. The van der Waals surface area contributed by atoms with Crippen molar-refractivity contribution in [3.05, 3.63) is 59.2 Å². The van der Waals surface area contributed by atoms with Gasteiger partial charge in [-0.1, -0.05) is 30.3 Å². The lowest BCUT2D eigenvalue weighted by atomic mass is 9.85. The van der Waals surface area contributed by atoms with Crippen molar-refractivity contribution in [1.29, 1.82) is 0 Å². The average molecular weight is 452 g/mol. The van der Waals surface area contributed by atoms with Gasteiger partial charge in [-0.05, 0) is 68.0 Å². The summed E-state index contributed by atoms with van der Waals surface area (Å²) >= 11 is 0. The molecule has 1 aliphatic carbocycles. The normalized spacial score (nSPS) is 18.3. The summed E-state index contributed by atoms with van der Waals surface area (Å²) in [6.45, 7) is 3.27. The molecule has 172 valence electrons. The van der Waals surface area contributed by atoms with Gasteiger partial charge in [-0.25, -0.2) is 0 Å². The minimum atomic E-state index is 0. The fourth-order valence-corrected chi connectivity index (χ4v) is 4.71. The Balaban J connectivity index is 0.00000160. The van der Waals surface area contributed by atoms with E-state index in [9.17, 15) is 4.79 Å². The van der Waals surface area contributed by atoms with Gasteiger partial charge in [0.05, 0.1) is 14.2 Å². The second-order valence-corrected chi connectivity index (χ2v) is 8.07. The Labute approximate surface area is 190 Å². The molecule has 1 aliphatic heterocycles. The number of hydrogen-bond donors (Lipinski definition) is 0. The number of rotatable bonds is 6. The highest BCUT2D eigenvalue weighted by Gasteiger charge is 2.34. The van der Waals surface area contributed by atoms with E-state index in [1.54, 1.807) is 14.2 Å². The number of Topliss-reactive ketones (excluding diaryl/α,β-unsaturated/α-hetero) is 1. The third-order valence-corrected chi connectivity index (χ3v) is 6.29. The maximum atomic E-state index is 12.9. The molecule has 6 nitrogen and oxygen atoms in total. The smallest absolute Gasteiger partial charge is 0.166 e. The SMILES string of the molecule is COc1cc2c(cc1OC)C(=O)C(CC1CCN(Cc3ccccc3)CC1)C2.Cl.O.O. The van der Waals surface area contributed by atoms with Gasteiger partial charge < -0.3 is 20.4 Å². The summed E-state index contributed by atoms with van der Waals surface area (Å²) in [6.07, 6.45) is 4.19. The number of piperidine rings is 1. The van der Waals surface area contributed by atoms with Crippen molar-refractivity contribution >= 4 is 18.2 Å². The van der Waals surface area contributed by atoms with E-state index in [0.717, 1.165) is 43.6 Å². The number of carbonyl (C=O) groups excluding carboxylic acids is 1. The van der Waals surface area contributed by atoms with Crippen LogP contribution in [0.4, 0.5) is 0 Å². The lowest BCUT2D eigenvalue weighted by Gasteiger charge is -2.32. The Morgan fingerprint density at radius 3 is 2.19 bits per heavy atom. The van der Waals surface area contributed by atoms with E-state index in [4.69, 9.17) is 9.47 Å². The first-order valence-corrected chi connectivity index (χ1v) is 10.2. The maximum absolute atomic E-state index is 12.9. The molecule has 1 heterocycles. The van der Waals surface area contributed by atoms with E-state index in [0.29, 0.717) is 17.4 Å². The number of ketones is 1. The fraction of sp³-hybridized carbons (Fsp3) is 0.458. The summed E-state index contributed by atoms with van der Waals surface area (Å²) in [6, 6.07) is 14.5. The van der Waals surface area contributed by atoms with E-state index >= 15 is 0 Å². The van der Waals surface area contributed by atoms with Crippen molar-refractivity contribution in [3.8, 4) is 11.5 Å². The largest absolute Gasteiger partial charge is 0.493 e. The molecular weight excluding hydrogens is 418 g/mol. The van der Waals surface area contributed by atoms with E-state index < -0.39 is 0 Å². The summed E-state index contributed by atoms with van der Waals surface area (Å²) in [7, 11) is 3.26. The maximum Gasteiger partial charge on any atom is 0.166 e. The summed E-state index contributed by atoms with van der Waals surface area (Å²) < 4.78 is 10.8. The second kappa shape index (κ2) is 12.1. The molecule has 1 unspecified atom stereocenters. The van der Waals surface area contributed by atoms with Crippen LogP contribution >= 0.6 is 12.4 Å². The zero-order valence-electron chi connectivity index (χ0n) is 18.2. The summed E-state index contributed by atoms with van der Waals surface area (Å²) in [5.41, 5.74) is 3.31. The highest BCUT2D eigenvalue weighted by Crippen LogP contribution is 2.39. The van der Waals surface area contributed by atoms with Crippen molar-refractivity contribution in [2.45, 2.75) is 32.2 Å². The van der Waals surface area contributed by atoms with Crippen LogP contribution in [0, 0.1) is 11.8 Å². The third kappa shape index (κ3) is 5.98. The van der Waals surface area contributed by atoms with E-state index in [1.165, 1.54) is 18.4 Å². The number of halogens is 1. The highest BCUT2D eigenvalue weighted by atomic mass is 35.5. The molecule has 0 spiro atoms. The molecule has 4 rings (SSSR count). The fourth-order valence-electron chi connectivity index (χ4n) is 4.71. The molecule has 0 radical (unpaired) electrons. The van der Waals surface area contributed by atoms with E-state index in [1.807, 2.05) is 12.1 Å². The molecule has 0 aromatic heterocycles. The monoisotopic (exact) mass is 451 g/mol. The van der Waals surface area contributed by atoms with Gasteiger partial charge in [0.25, 0.3) is 0 Å². The number of methoxy groups -OCH3 is 2. The molecule has 2 aromatic rings. The molecule has 1 atom stereocenters. The molecule has 31 heavy (non-hydrogen) atoms. The number of likely N-dealkylation sites (tertiary alicyclic amines) is 1. The van der Waals surface area contributed by atoms with Gasteiger partial charge in [-0.15, -0.1) is 12.4 Å². The molecule has 0 amide bonds. The molecule has 1 fully saturated rings. The van der Waals surface area contributed by atoms with Crippen LogP contribution in [0.2, 0.25) is 0 Å². The van der Waals surface area contributed by atoms with Gasteiger partial charge in [0.15, 0.2) is 17.3 Å². The van der Waals surface area contributed by atoms with Gasteiger partial charge >= 0.3 is 0 Å². The quantitative estimate of drug-likeness (QED) is 0.673. The Morgan fingerprint density at radius 1 is 0.968 bits per heavy atom. The zero-order chi connectivity index (χ0) is 19.5. The van der Waals surface area contributed by atoms with Gasteiger partial charge in [-0.3, -0.25) is 9.69 Å². The molecule has 4 N–H and O–H groups in total. The van der Waals surface area contributed by atoms with Crippen LogP contribution in [0.25, 0.3) is 0 Å². The molecule has 2 aromatic carbocycles. The number of carbonyl (C=O) groups is 1. The van der Waals surface area contributed by atoms with Gasteiger partial charge in [-0.2, -0.15) is 0 Å². The third-order valence-electron chi connectivity index (χ3n) is 6.29. The van der Waals surface area contributed by atoms with E-state index in [2.05, 4.69) is 35.2 Å². The van der Waals surface area contributed by atoms with Crippen LogP contribution in [-0.2, 0) is 13.0 Å². The minimum Gasteiger partial charge on any atom is -0.493 e. The first-order chi connectivity index (χ1) is 13.7. The first-order valence-electron chi connectivity index (χ1n) is 10.2. The molecule has 1 saturated heterocycles. The lowest BCUT2D eigenvalue weighted by molar-refractivity contribution is 0.0895. The number of nitrogens with zero attached hydrogens (tertiary/aromatic N) is 1. The summed E-state index contributed by atoms with van der Waals surface area (Å²) in [5.74, 6) is 2.38. The van der Waals surface area contributed by atoms with E-state index in [-0.39, 0.29) is 35.1 Å².